The minimum absolute atomic E-state index is 0.0453. The lowest BCUT2D eigenvalue weighted by Crippen LogP contribution is -2.40. The molecule has 5 nitrogen and oxygen atoms in total. The highest BCUT2D eigenvalue weighted by Gasteiger charge is 2.32. The number of ether oxygens (including phenoxy) is 1. The monoisotopic (exact) mass is 322 g/mol. The summed E-state index contributed by atoms with van der Waals surface area (Å²) in [5.74, 6) is -2.71. The van der Waals surface area contributed by atoms with E-state index in [2.05, 4.69) is 0 Å². The third-order valence-electron chi connectivity index (χ3n) is 3.20. The van der Waals surface area contributed by atoms with Crippen molar-refractivity contribution in [3.05, 3.63) is 23.8 Å². The van der Waals surface area contributed by atoms with Crippen molar-refractivity contribution in [2.75, 3.05) is 26.0 Å². The summed E-state index contributed by atoms with van der Waals surface area (Å²) in [4.78, 5) is -0.753. The molecule has 0 radical (unpaired) electrons. The zero-order chi connectivity index (χ0) is 16.2. The number of nitrogens with two attached hydrogens (primary N) is 1. The van der Waals surface area contributed by atoms with Crippen LogP contribution in [0.4, 0.5) is 14.5 Å². The molecule has 0 aromatic heterocycles. The maximum Gasteiger partial charge on any atom is 0.246 e. The first kappa shape index (κ1) is 17.8. The highest BCUT2D eigenvalue weighted by molar-refractivity contribution is 7.89. The number of benzene rings is 1. The van der Waals surface area contributed by atoms with Gasteiger partial charge in [-0.2, -0.15) is 4.31 Å². The average Bonchev–Trinajstić information content (AvgIpc) is 2.42. The van der Waals surface area contributed by atoms with Crippen LogP contribution in [0.15, 0.2) is 17.0 Å². The average molecular weight is 322 g/mol. The number of hydrogen-bond donors (Lipinski definition) is 1. The van der Waals surface area contributed by atoms with Crippen molar-refractivity contribution in [2.24, 2.45) is 0 Å². The highest BCUT2D eigenvalue weighted by Crippen LogP contribution is 2.26. The fourth-order valence-corrected chi connectivity index (χ4v) is 3.66. The number of nitrogen functional groups attached to an aromatic ring is 1. The molecule has 0 aliphatic heterocycles. The van der Waals surface area contributed by atoms with E-state index < -0.39 is 26.6 Å². The lowest BCUT2D eigenvalue weighted by molar-refractivity contribution is 0.167. The van der Waals surface area contributed by atoms with Crippen molar-refractivity contribution in [2.45, 2.75) is 31.2 Å². The van der Waals surface area contributed by atoms with Crippen molar-refractivity contribution in [3.8, 4) is 0 Å². The molecule has 21 heavy (non-hydrogen) atoms. The summed E-state index contributed by atoms with van der Waals surface area (Å²) >= 11 is 0. The Morgan fingerprint density at radius 2 is 2.00 bits per heavy atom. The van der Waals surface area contributed by atoms with Crippen molar-refractivity contribution in [1.29, 1.82) is 0 Å². The Kier molecular flexibility index (Phi) is 6.06. The molecule has 2 N–H and O–H groups in total. The fraction of sp³-hybridized carbons (Fsp3) is 0.538. The minimum Gasteiger partial charge on any atom is -0.399 e. The number of halogens is 2. The molecule has 1 atom stereocenters. The molecule has 1 aromatic carbocycles. The zero-order valence-corrected chi connectivity index (χ0v) is 13.1. The molecule has 0 aliphatic rings. The summed E-state index contributed by atoms with van der Waals surface area (Å²) in [5, 5.41) is 0. The third kappa shape index (κ3) is 3.90. The number of hydrogen-bond acceptors (Lipinski definition) is 4. The molecule has 0 saturated heterocycles. The van der Waals surface area contributed by atoms with Gasteiger partial charge in [-0.15, -0.1) is 0 Å². The third-order valence-corrected chi connectivity index (χ3v) is 5.21. The van der Waals surface area contributed by atoms with Crippen molar-refractivity contribution >= 4 is 15.7 Å². The van der Waals surface area contributed by atoms with E-state index in [1.165, 1.54) is 7.11 Å². The Hall–Kier alpha value is -1.25. The van der Waals surface area contributed by atoms with Gasteiger partial charge in [0.25, 0.3) is 0 Å². The first-order valence-electron chi connectivity index (χ1n) is 6.51. The Labute approximate surface area is 123 Å². The Morgan fingerprint density at radius 1 is 1.38 bits per heavy atom. The number of rotatable bonds is 7. The smallest absolute Gasteiger partial charge is 0.246 e. The lowest BCUT2D eigenvalue weighted by Gasteiger charge is -2.27. The maximum atomic E-state index is 13.9. The summed E-state index contributed by atoms with van der Waals surface area (Å²) in [6.07, 6.45) is 0.523. The van der Waals surface area contributed by atoms with Crippen LogP contribution in [0.25, 0.3) is 0 Å². The van der Waals surface area contributed by atoms with Gasteiger partial charge in [0.05, 0.1) is 6.61 Å². The molecule has 1 aromatic rings. The van der Waals surface area contributed by atoms with E-state index in [4.69, 9.17) is 10.5 Å². The summed E-state index contributed by atoms with van der Waals surface area (Å²) in [6.45, 7) is 3.68. The number of methoxy groups -OCH3 is 1. The molecular formula is C13H20F2N2O3S. The lowest BCUT2D eigenvalue weighted by atomic mass is 10.3. The predicted octanol–water partition coefficient (Wildman–Crippen LogP) is 1.98. The van der Waals surface area contributed by atoms with Gasteiger partial charge >= 0.3 is 0 Å². The van der Waals surface area contributed by atoms with Gasteiger partial charge in [-0.1, -0.05) is 6.92 Å². The molecule has 0 amide bonds. The van der Waals surface area contributed by atoms with Gasteiger partial charge in [0.1, 0.15) is 4.90 Å². The summed E-state index contributed by atoms with van der Waals surface area (Å²) < 4.78 is 58.4. The van der Waals surface area contributed by atoms with Crippen LogP contribution in [0.5, 0.6) is 0 Å². The normalized spacial score (nSPS) is 13.6. The van der Waals surface area contributed by atoms with E-state index in [-0.39, 0.29) is 24.9 Å². The molecule has 0 saturated carbocycles. The molecule has 0 fully saturated rings. The molecule has 8 heteroatoms. The molecule has 0 heterocycles. The van der Waals surface area contributed by atoms with Gasteiger partial charge in [-0.3, -0.25) is 0 Å². The van der Waals surface area contributed by atoms with Crippen LogP contribution in [-0.4, -0.2) is 39.0 Å². The van der Waals surface area contributed by atoms with E-state index in [1.54, 1.807) is 13.8 Å². The highest BCUT2D eigenvalue weighted by atomic mass is 32.2. The molecule has 0 bridgehead atoms. The molecule has 0 aliphatic carbocycles. The van der Waals surface area contributed by atoms with Crippen molar-refractivity contribution in [1.82, 2.24) is 4.31 Å². The van der Waals surface area contributed by atoms with E-state index in [1.807, 2.05) is 0 Å². The summed E-state index contributed by atoms with van der Waals surface area (Å²) in [5.41, 5.74) is 5.27. The number of sulfonamides is 1. The maximum absolute atomic E-state index is 13.9. The van der Waals surface area contributed by atoms with E-state index in [0.29, 0.717) is 6.42 Å². The summed E-state index contributed by atoms with van der Waals surface area (Å²) in [6, 6.07) is 1.29. The zero-order valence-electron chi connectivity index (χ0n) is 12.3. The quantitative estimate of drug-likeness (QED) is 0.779. The SMILES string of the molecule is CCC(C)N(CCOC)S(=O)(=O)c1cc(N)cc(F)c1F. The number of anilines is 1. The van der Waals surface area contributed by atoms with Gasteiger partial charge in [0.2, 0.25) is 10.0 Å². The van der Waals surface area contributed by atoms with Gasteiger partial charge < -0.3 is 10.5 Å². The van der Waals surface area contributed by atoms with Crippen molar-refractivity contribution < 1.29 is 21.9 Å². The van der Waals surface area contributed by atoms with Crippen LogP contribution in [0, 0.1) is 11.6 Å². The van der Waals surface area contributed by atoms with Crippen LogP contribution in [-0.2, 0) is 14.8 Å². The van der Waals surface area contributed by atoms with Crippen LogP contribution >= 0.6 is 0 Å². The largest absolute Gasteiger partial charge is 0.399 e. The van der Waals surface area contributed by atoms with E-state index in [9.17, 15) is 17.2 Å². The summed E-state index contributed by atoms with van der Waals surface area (Å²) in [7, 11) is -2.77. The number of nitrogens with zero attached hydrogens (tertiary/aromatic N) is 1. The first-order chi connectivity index (χ1) is 9.75. The van der Waals surface area contributed by atoms with Crippen LogP contribution in [0.1, 0.15) is 20.3 Å². The Morgan fingerprint density at radius 3 is 2.52 bits per heavy atom. The topological polar surface area (TPSA) is 72.6 Å². The first-order valence-corrected chi connectivity index (χ1v) is 7.95. The second-order valence-electron chi connectivity index (χ2n) is 4.68. The Balaban J connectivity index is 3.35. The van der Waals surface area contributed by atoms with Gasteiger partial charge in [0.15, 0.2) is 11.6 Å². The molecule has 1 unspecified atom stereocenters. The van der Waals surface area contributed by atoms with E-state index >= 15 is 0 Å². The second kappa shape index (κ2) is 7.15. The van der Waals surface area contributed by atoms with Gasteiger partial charge in [0, 0.05) is 25.4 Å². The van der Waals surface area contributed by atoms with Gasteiger partial charge in [-0.25, -0.2) is 17.2 Å². The van der Waals surface area contributed by atoms with Crippen molar-refractivity contribution in [3.63, 3.8) is 0 Å². The molecule has 1 rings (SSSR count). The molecule has 0 spiro atoms. The predicted molar refractivity (Wildman–Crippen MR) is 76.3 cm³/mol. The second-order valence-corrected chi connectivity index (χ2v) is 6.54. The molecule has 120 valence electrons. The van der Waals surface area contributed by atoms with Crippen LogP contribution < -0.4 is 5.73 Å². The molecular weight excluding hydrogens is 302 g/mol. The van der Waals surface area contributed by atoms with Gasteiger partial charge in [-0.05, 0) is 25.5 Å². The standard InChI is InChI=1S/C13H20F2N2O3S/c1-4-9(2)17(5-6-20-3)21(18,19)12-8-10(16)7-11(14)13(12)15/h7-9H,4-6,16H2,1-3H3. The van der Waals surface area contributed by atoms with Crippen LogP contribution in [0.2, 0.25) is 0 Å². The Bertz CT molecular complexity index is 593. The minimum atomic E-state index is -4.20. The van der Waals surface area contributed by atoms with E-state index in [0.717, 1.165) is 16.4 Å². The van der Waals surface area contributed by atoms with Crippen LogP contribution in [0.3, 0.4) is 0 Å². The fourth-order valence-electron chi connectivity index (χ4n) is 1.86.